The lowest BCUT2D eigenvalue weighted by atomic mass is 9.47. The second-order valence-electron chi connectivity index (χ2n) is 14.9. The van der Waals surface area contributed by atoms with E-state index in [1.54, 1.807) is 5.57 Å². The van der Waals surface area contributed by atoms with Gasteiger partial charge in [0.1, 0.15) is 0 Å². The average Bonchev–Trinajstić information content (AvgIpc) is 3.49. The third-order valence-corrected chi connectivity index (χ3v) is 12.4. The molecule has 1 saturated heterocycles. The van der Waals surface area contributed by atoms with E-state index in [0.717, 1.165) is 42.1 Å². The molecule has 0 spiro atoms. The van der Waals surface area contributed by atoms with Crippen LogP contribution < -0.4 is 0 Å². The molecule has 4 fully saturated rings. The molecule has 0 N–H and O–H groups in total. The predicted octanol–water partition coefficient (Wildman–Crippen LogP) is 8.90. The van der Waals surface area contributed by atoms with Crippen molar-refractivity contribution < 1.29 is 4.74 Å². The van der Waals surface area contributed by atoms with E-state index in [-0.39, 0.29) is 0 Å². The van der Waals surface area contributed by atoms with Crippen LogP contribution in [-0.4, -0.2) is 37.2 Å². The van der Waals surface area contributed by atoms with E-state index in [2.05, 4.69) is 45.6 Å². The van der Waals surface area contributed by atoms with Gasteiger partial charge in [-0.25, -0.2) is 0 Å². The highest BCUT2D eigenvalue weighted by molar-refractivity contribution is 5.25. The summed E-state index contributed by atoms with van der Waals surface area (Å²) in [5.74, 6) is 5.60. The van der Waals surface area contributed by atoms with E-state index < -0.39 is 0 Å². The summed E-state index contributed by atoms with van der Waals surface area (Å²) in [4.78, 5) is 2.63. The Morgan fingerprint density at radius 2 is 1.75 bits per heavy atom. The molecule has 0 radical (unpaired) electrons. The molecule has 0 aromatic rings. The van der Waals surface area contributed by atoms with E-state index in [4.69, 9.17) is 4.74 Å². The summed E-state index contributed by atoms with van der Waals surface area (Å²) in [5, 5.41) is 0. The van der Waals surface area contributed by atoms with Crippen LogP contribution in [0, 0.1) is 46.3 Å². The van der Waals surface area contributed by atoms with Crippen LogP contribution in [-0.2, 0) is 4.74 Å². The van der Waals surface area contributed by atoms with Crippen molar-refractivity contribution in [3.63, 3.8) is 0 Å². The van der Waals surface area contributed by atoms with Gasteiger partial charge >= 0.3 is 0 Å². The molecule has 2 nitrogen and oxygen atoms in total. The second-order valence-corrected chi connectivity index (χ2v) is 14.9. The van der Waals surface area contributed by atoms with E-state index in [9.17, 15) is 0 Å². The van der Waals surface area contributed by atoms with Crippen LogP contribution in [0.15, 0.2) is 11.6 Å². The number of nitrogens with zero attached hydrogens (tertiary/aromatic N) is 1. The van der Waals surface area contributed by atoms with Crippen LogP contribution in [0.2, 0.25) is 0 Å². The van der Waals surface area contributed by atoms with Gasteiger partial charge in [0.2, 0.25) is 0 Å². The molecule has 4 aliphatic carbocycles. The summed E-state index contributed by atoms with van der Waals surface area (Å²) in [6.07, 6.45) is 22.8. The summed E-state index contributed by atoms with van der Waals surface area (Å²) < 4.78 is 6.48. The van der Waals surface area contributed by atoms with Crippen LogP contribution in [0.3, 0.4) is 0 Å². The Balaban J connectivity index is 1.17. The number of likely N-dealkylation sites (tertiary alicyclic amines) is 1. The van der Waals surface area contributed by atoms with Crippen molar-refractivity contribution in [2.75, 3.05) is 26.2 Å². The summed E-state index contributed by atoms with van der Waals surface area (Å²) in [5.41, 5.74) is 2.86. The summed E-state index contributed by atoms with van der Waals surface area (Å²) in [7, 11) is 0. The van der Waals surface area contributed by atoms with Crippen LogP contribution in [0.25, 0.3) is 0 Å². The summed E-state index contributed by atoms with van der Waals surface area (Å²) in [6.45, 7) is 17.6. The quantitative estimate of drug-likeness (QED) is 0.221. The van der Waals surface area contributed by atoms with Gasteiger partial charge in [-0.1, -0.05) is 65.5 Å². The monoisotopic (exact) mass is 497 g/mol. The molecule has 36 heavy (non-hydrogen) atoms. The Morgan fingerprint density at radius 3 is 2.53 bits per heavy atom. The zero-order valence-corrected chi connectivity index (χ0v) is 24.7. The minimum atomic E-state index is 0.459. The van der Waals surface area contributed by atoms with Crippen LogP contribution >= 0.6 is 0 Å². The molecular weight excluding hydrogens is 438 g/mol. The molecule has 5 rings (SSSR count). The number of fused-ring (bicyclic) bond motifs is 5. The molecule has 8 atom stereocenters. The predicted molar refractivity (Wildman–Crippen MR) is 153 cm³/mol. The van der Waals surface area contributed by atoms with Crippen molar-refractivity contribution in [1.82, 2.24) is 4.90 Å². The lowest BCUT2D eigenvalue weighted by molar-refractivity contribution is -0.0642. The number of rotatable bonds is 10. The number of hydrogen-bond acceptors (Lipinski definition) is 2. The molecule has 2 heteroatoms. The molecule has 206 valence electrons. The van der Waals surface area contributed by atoms with Gasteiger partial charge in [0, 0.05) is 13.2 Å². The third-order valence-electron chi connectivity index (χ3n) is 12.4. The fourth-order valence-corrected chi connectivity index (χ4v) is 10.3. The molecular formula is C34H59NO. The first-order valence-corrected chi connectivity index (χ1v) is 16.3. The van der Waals surface area contributed by atoms with Gasteiger partial charge in [-0.05, 0) is 130 Å². The third kappa shape index (κ3) is 5.38. The Labute approximate surface area is 224 Å². The Bertz CT molecular complexity index is 752. The van der Waals surface area contributed by atoms with Crippen LogP contribution in [0.1, 0.15) is 125 Å². The van der Waals surface area contributed by atoms with Crippen molar-refractivity contribution >= 4 is 0 Å². The minimum Gasteiger partial charge on any atom is -0.378 e. The van der Waals surface area contributed by atoms with Gasteiger partial charge in [0.15, 0.2) is 0 Å². The van der Waals surface area contributed by atoms with Gasteiger partial charge in [-0.3, -0.25) is 0 Å². The fraction of sp³-hybridized carbons (Fsp3) is 0.941. The second kappa shape index (κ2) is 11.4. The SMILES string of the molecule is CC(C)CCCC(C)C1CCC2C3CC=C4CC(OCCCN5CCCC5)CCC4(C)C3CCC12C. The lowest BCUT2D eigenvalue weighted by Gasteiger charge is -2.58. The van der Waals surface area contributed by atoms with E-state index in [1.807, 2.05) is 0 Å². The standard InChI is InChI=1S/C34H59NO/c1-25(2)10-8-11-26(3)30-14-15-31-29-13-12-27-24-28(36-23-9-22-35-20-6-7-21-35)16-18-33(27,4)32(29)17-19-34(30,31)5/h12,25-26,28-32H,6-11,13-24H2,1-5H3. The highest BCUT2D eigenvalue weighted by atomic mass is 16.5. The molecule has 3 saturated carbocycles. The Hall–Kier alpha value is -0.340. The maximum Gasteiger partial charge on any atom is 0.0612 e. The zero-order chi connectivity index (χ0) is 25.3. The van der Waals surface area contributed by atoms with Crippen molar-refractivity contribution in [3.05, 3.63) is 11.6 Å². The molecule has 0 bridgehead atoms. The van der Waals surface area contributed by atoms with Gasteiger partial charge in [-0.2, -0.15) is 0 Å². The first-order valence-electron chi connectivity index (χ1n) is 16.3. The zero-order valence-electron chi connectivity index (χ0n) is 24.7. The van der Waals surface area contributed by atoms with Gasteiger partial charge in [-0.15, -0.1) is 0 Å². The van der Waals surface area contributed by atoms with Crippen LogP contribution in [0.5, 0.6) is 0 Å². The smallest absolute Gasteiger partial charge is 0.0612 e. The summed E-state index contributed by atoms with van der Waals surface area (Å²) >= 11 is 0. The average molecular weight is 498 g/mol. The first kappa shape index (κ1) is 27.2. The number of allylic oxidation sites excluding steroid dienone is 1. The van der Waals surface area contributed by atoms with Crippen molar-refractivity contribution in [2.45, 2.75) is 131 Å². The van der Waals surface area contributed by atoms with Crippen molar-refractivity contribution in [2.24, 2.45) is 46.3 Å². The molecule has 1 heterocycles. The molecule has 5 aliphatic rings. The molecule has 0 aromatic carbocycles. The first-order chi connectivity index (χ1) is 17.3. The topological polar surface area (TPSA) is 12.5 Å². The molecule has 0 aromatic heterocycles. The van der Waals surface area contributed by atoms with E-state index >= 15 is 0 Å². The van der Waals surface area contributed by atoms with Crippen molar-refractivity contribution in [3.8, 4) is 0 Å². The van der Waals surface area contributed by atoms with Gasteiger partial charge in [0.05, 0.1) is 6.10 Å². The minimum absolute atomic E-state index is 0.459. The van der Waals surface area contributed by atoms with Crippen LogP contribution in [0.4, 0.5) is 0 Å². The molecule has 8 unspecified atom stereocenters. The lowest BCUT2D eigenvalue weighted by Crippen LogP contribution is -2.51. The Kier molecular flexibility index (Phi) is 8.63. The molecule has 1 aliphatic heterocycles. The largest absolute Gasteiger partial charge is 0.378 e. The highest BCUT2D eigenvalue weighted by Gasteiger charge is 2.59. The van der Waals surface area contributed by atoms with E-state index in [0.29, 0.717) is 16.9 Å². The summed E-state index contributed by atoms with van der Waals surface area (Å²) in [6, 6.07) is 0. The van der Waals surface area contributed by atoms with E-state index in [1.165, 1.54) is 110 Å². The number of ether oxygens (including phenoxy) is 1. The van der Waals surface area contributed by atoms with Gasteiger partial charge < -0.3 is 9.64 Å². The van der Waals surface area contributed by atoms with Crippen molar-refractivity contribution in [1.29, 1.82) is 0 Å². The Morgan fingerprint density at radius 1 is 0.944 bits per heavy atom. The molecule has 0 amide bonds. The number of hydrogen-bond donors (Lipinski definition) is 0. The maximum absolute atomic E-state index is 6.48. The highest BCUT2D eigenvalue weighted by Crippen LogP contribution is 2.67. The fourth-order valence-electron chi connectivity index (χ4n) is 10.3. The maximum atomic E-state index is 6.48. The normalized spacial score (nSPS) is 41.6. The van der Waals surface area contributed by atoms with Gasteiger partial charge in [0.25, 0.3) is 0 Å².